The van der Waals surface area contributed by atoms with Gasteiger partial charge in [-0.3, -0.25) is 4.79 Å². The van der Waals surface area contributed by atoms with Crippen LogP contribution in [0.2, 0.25) is 0 Å². The summed E-state index contributed by atoms with van der Waals surface area (Å²) in [6.45, 7) is 3.46. The van der Waals surface area contributed by atoms with E-state index in [1.54, 1.807) is 13.2 Å². The van der Waals surface area contributed by atoms with E-state index in [2.05, 4.69) is 10.6 Å². The molecule has 0 bridgehead atoms. The smallest absolute Gasteiger partial charge is 0.244 e. The van der Waals surface area contributed by atoms with Gasteiger partial charge in [-0.2, -0.15) is 0 Å². The number of methoxy groups -OCH3 is 1. The lowest BCUT2D eigenvalue weighted by atomic mass is 10.2. The highest BCUT2D eigenvalue weighted by Gasteiger charge is 2.27. The van der Waals surface area contributed by atoms with Crippen LogP contribution in [0.1, 0.15) is 6.92 Å². The molecule has 0 aliphatic carbocycles. The van der Waals surface area contributed by atoms with Gasteiger partial charge >= 0.3 is 0 Å². The van der Waals surface area contributed by atoms with Crippen LogP contribution in [0.5, 0.6) is 0 Å². The van der Waals surface area contributed by atoms with E-state index in [-0.39, 0.29) is 18.1 Å². The Bertz CT molecular complexity index is 261. The Morgan fingerprint density at radius 2 is 2.27 bits per heavy atom. The van der Waals surface area contributed by atoms with Gasteiger partial charge in [-0.15, -0.1) is 0 Å². The number of hydrogen-bond donors (Lipinski definition) is 2. The van der Waals surface area contributed by atoms with Crippen molar-refractivity contribution in [3.8, 4) is 0 Å². The molecule has 4 heteroatoms. The third-order valence-corrected chi connectivity index (χ3v) is 2.34. The standard InChI is InChI=1S/C11H18N2O2/c1-3-4-5-6-11(14)13-9-7-12-8-10(9)15-2/h3-6,9-10,12H,7-8H2,1-2H3,(H,13,14)/b4-3+,6-5+. The van der Waals surface area contributed by atoms with Crippen molar-refractivity contribution >= 4 is 5.91 Å². The van der Waals surface area contributed by atoms with Gasteiger partial charge in [-0.1, -0.05) is 18.2 Å². The molecule has 1 aliphatic heterocycles. The van der Waals surface area contributed by atoms with Gasteiger partial charge < -0.3 is 15.4 Å². The third kappa shape index (κ3) is 3.85. The van der Waals surface area contributed by atoms with Crippen molar-refractivity contribution in [3.05, 3.63) is 24.3 Å². The van der Waals surface area contributed by atoms with E-state index >= 15 is 0 Å². The molecular weight excluding hydrogens is 192 g/mol. The topological polar surface area (TPSA) is 50.4 Å². The van der Waals surface area contributed by atoms with Crippen molar-refractivity contribution in [2.24, 2.45) is 0 Å². The second kappa shape index (κ2) is 6.37. The van der Waals surface area contributed by atoms with E-state index in [0.29, 0.717) is 0 Å². The molecule has 0 spiro atoms. The van der Waals surface area contributed by atoms with Crippen LogP contribution in [0.4, 0.5) is 0 Å². The molecule has 1 rings (SSSR count). The Labute approximate surface area is 90.4 Å². The first-order valence-electron chi connectivity index (χ1n) is 5.11. The molecule has 0 radical (unpaired) electrons. The first kappa shape index (κ1) is 11.9. The summed E-state index contributed by atoms with van der Waals surface area (Å²) in [6.07, 6.45) is 7.01. The molecule has 1 heterocycles. The molecule has 4 nitrogen and oxygen atoms in total. The van der Waals surface area contributed by atoms with Crippen LogP contribution < -0.4 is 10.6 Å². The van der Waals surface area contributed by atoms with Gasteiger partial charge in [-0.25, -0.2) is 0 Å². The maximum Gasteiger partial charge on any atom is 0.244 e. The predicted molar refractivity (Wildman–Crippen MR) is 59.6 cm³/mol. The van der Waals surface area contributed by atoms with Gasteiger partial charge in [0, 0.05) is 26.3 Å². The van der Waals surface area contributed by atoms with Gasteiger partial charge in [0.25, 0.3) is 0 Å². The largest absolute Gasteiger partial charge is 0.378 e. The van der Waals surface area contributed by atoms with Gasteiger partial charge in [0.15, 0.2) is 0 Å². The number of amides is 1. The maximum atomic E-state index is 11.4. The van der Waals surface area contributed by atoms with E-state index in [9.17, 15) is 4.79 Å². The Balaban J connectivity index is 2.37. The zero-order chi connectivity index (χ0) is 11.1. The summed E-state index contributed by atoms with van der Waals surface area (Å²) in [5, 5.41) is 6.06. The molecule has 1 amide bonds. The summed E-state index contributed by atoms with van der Waals surface area (Å²) in [5.41, 5.74) is 0. The molecule has 15 heavy (non-hydrogen) atoms. The SMILES string of the molecule is C/C=C/C=C/C(=O)NC1CNCC1OC. The average Bonchev–Trinajstić information content (AvgIpc) is 2.65. The van der Waals surface area contributed by atoms with E-state index < -0.39 is 0 Å². The van der Waals surface area contributed by atoms with E-state index in [0.717, 1.165) is 13.1 Å². The highest BCUT2D eigenvalue weighted by atomic mass is 16.5. The van der Waals surface area contributed by atoms with Crippen LogP contribution in [0.3, 0.4) is 0 Å². The predicted octanol–water partition coefficient (Wildman–Crippen LogP) is 0.222. The molecule has 1 fully saturated rings. The van der Waals surface area contributed by atoms with Crippen LogP contribution in [0.25, 0.3) is 0 Å². The molecule has 0 saturated carbocycles. The number of allylic oxidation sites excluding steroid dienone is 3. The molecule has 2 unspecified atom stereocenters. The van der Waals surface area contributed by atoms with Crippen LogP contribution in [-0.4, -0.2) is 38.3 Å². The summed E-state index contributed by atoms with van der Waals surface area (Å²) in [4.78, 5) is 11.4. The fourth-order valence-corrected chi connectivity index (χ4v) is 1.53. The Morgan fingerprint density at radius 1 is 1.47 bits per heavy atom. The van der Waals surface area contributed by atoms with Crippen LogP contribution in [0.15, 0.2) is 24.3 Å². The molecule has 2 N–H and O–H groups in total. The second-order valence-electron chi connectivity index (χ2n) is 3.43. The lowest BCUT2D eigenvalue weighted by Crippen LogP contribution is -2.42. The van der Waals surface area contributed by atoms with E-state index in [1.165, 1.54) is 6.08 Å². The van der Waals surface area contributed by atoms with Crippen molar-refractivity contribution in [2.75, 3.05) is 20.2 Å². The average molecular weight is 210 g/mol. The number of ether oxygens (including phenoxy) is 1. The number of nitrogens with one attached hydrogen (secondary N) is 2. The summed E-state index contributed by atoms with van der Waals surface area (Å²) in [5.74, 6) is -0.0798. The molecule has 0 aromatic rings. The molecule has 0 aromatic carbocycles. The summed E-state index contributed by atoms with van der Waals surface area (Å²) in [6, 6.07) is 0.0674. The normalized spacial score (nSPS) is 26.5. The maximum absolute atomic E-state index is 11.4. The molecule has 0 aromatic heterocycles. The minimum Gasteiger partial charge on any atom is -0.378 e. The minimum absolute atomic E-state index is 0.0674. The first-order valence-corrected chi connectivity index (χ1v) is 5.11. The number of carbonyl (C=O) groups excluding carboxylic acids is 1. The number of carbonyl (C=O) groups is 1. The summed E-state index contributed by atoms with van der Waals surface area (Å²) >= 11 is 0. The summed E-state index contributed by atoms with van der Waals surface area (Å²) in [7, 11) is 1.66. The number of hydrogen-bond acceptors (Lipinski definition) is 3. The fourth-order valence-electron chi connectivity index (χ4n) is 1.53. The Kier molecular flexibility index (Phi) is 5.07. The van der Waals surface area contributed by atoms with Gasteiger partial charge in [0.05, 0.1) is 12.1 Å². The van der Waals surface area contributed by atoms with E-state index in [1.807, 2.05) is 19.1 Å². The van der Waals surface area contributed by atoms with Crippen molar-refractivity contribution in [3.63, 3.8) is 0 Å². The summed E-state index contributed by atoms with van der Waals surface area (Å²) < 4.78 is 5.23. The lowest BCUT2D eigenvalue weighted by molar-refractivity contribution is -0.117. The number of rotatable bonds is 4. The van der Waals surface area contributed by atoms with Crippen molar-refractivity contribution in [1.82, 2.24) is 10.6 Å². The zero-order valence-corrected chi connectivity index (χ0v) is 9.19. The van der Waals surface area contributed by atoms with Gasteiger partial charge in [0.2, 0.25) is 5.91 Å². The molecule has 1 aliphatic rings. The molecule has 1 saturated heterocycles. The van der Waals surface area contributed by atoms with Crippen molar-refractivity contribution < 1.29 is 9.53 Å². The fraction of sp³-hybridized carbons (Fsp3) is 0.545. The second-order valence-corrected chi connectivity index (χ2v) is 3.43. The van der Waals surface area contributed by atoms with E-state index in [4.69, 9.17) is 4.74 Å². The monoisotopic (exact) mass is 210 g/mol. The lowest BCUT2D eigenvalue weighted by Gasteiger charge is -2.17. The molecular formula is C11H18N2O2. The quantitative estimate of drug-likeness (QED) is 0.515. The van der Waals surface area contributed by atoms with Crippen molar-refractivity contribution in [2.45, 2.75) is 19.1 Å². The molecule has 84 valence electrons. The Morgan fingerprint density at radius 3 is 2.93 bits per heavy atom. The Hall–Kier alpha value is -1.13. The first-order chi connectivity index (χ1) is 7.27. The third-order valence-electron chi connectivity index (χ3n) is 2.34. The van der Waals surface area contributed by atoms with Gasteiger partial charge in [-0.05, 0) is 6.92 Å². The zero-order valence-electron chi connectivity index (χ0n) is 9.19. The van der Waals surface area contributed by atoms with Gasteiger partial charge in [0.1, 0.15) is 0 Å². The molecule has 2 atom stereocenters. The van der Waals surface area contributed by atoms with Crippen LogP contribution >= 0.6 is 0 Å². The van der Waals surface area contributed by atoms with Crippen molar-refractivity contribution in [1.29, 1.82) is 0 Å². The highest BCUT2D eigenvalue weighted by Crippen LogP contribution is 2.03. The van der Waals surface area contributed by atoms with Crippen LogP contribution in [-0.2, 0) is 9.53 Å². The van der Waals surface area contributed by atoms with Crippen LogP contribution in [0, 0.1) is 0 Å². The highest BCUT2D eigenvalue weighted by molar-refractivity contribution is 5.88. The minimum atomic E-state index is -0.0798.